The highest BCUT2D eigenvalue weighted by Crippen LogP contribution is 2.38. The summed E-state index contributed by atoms with van der Waals surface area (Å²) in [5.41, 5.74) is 9.39. The SMILES string of the molecule is CC1=CC(OCCCc2c(C=O)n(CCCN(C)c3ccccc3)c3c(-c4c(C)nn(CC(=O)O)c4C)cccc23)CC(C)=C1Cl.CCl. The molecule has 0 amide bonds. The zero-order valence-corrected chi connectivity index (χ0v) is 30.2. The fourth-order valence-corrected chi connectivity index (χ4v) is 6.85. The zero-order valence-electron chi connectivity index (χ0n) is 28.7. The average molecular weight is 694 g/mol. The minimum absolute atomic E-state index is 0.00381. The Morgan fingerprint density at radius 1 is 1.08 bits per heavy atom. The second kappa shape index (κ2) is 17.0. The molecule has 2 aromatic carbocycles. The molecule has 0 fully saturated rings. The number of benzene rings is 2. The highest BCUT2D eigenvalue weighted by atomic mass is 35.5. The van der Waals surface area contributed by atoms with Crippen molar-refractivity contribution in [3.8, 4) is 11.1 Å². The molecule has 5 rings (SSSR count). The number of hydrogen-bond donors (Lipinski definition) is 1. The summed E-state index contributed by atoms with van der Waals surface area (Å²) in [7, 11) is 2.08. The number of hydrogen-bond acceptors (Lipinski definition) is 5. The van der Waals surface area contributed by atoms with Gasteiger partial charge in [-0.2, -0.15) is 5.10 Å². The highest BCUT2D eigenvalue weighted by Gasteiger charge is 2.24. The van der Waals surface area contributed by atoms with Crippen molar-refractivity contribution in [1.82, 2.24) is 14.3 Å². The van der Waals surface area contributed by atoms with Crippen LogP contribution in [0.3, 0.4) is 0 Å². The third-order valence-corrected chi connectivity index (χ3v) is 9.54. The molecule has 0 spiro atoms. The van der Waals surface area contributed by atoms with E-state index in [1.165, 1.54) is 6.38 Å². The van der Waals surface area contributed by atoms with Gasteiger partial charge in [0.25, 0.3) is 0 Å². The standard InChI is InChI=1S/C37H43ClN4O4.CH3Cl/c1-24-20-29(21-25(2)36(24)38)46-19-10-16-30-31-14-9-15-32(35-26(3)39-42(27(35)4)22-34(44)45)37(31)41(33(30)23-43)18-11-17-40(5)28-12-7-6-8-13-28;1-2/h6-9,12-15,20,23,29H,10-11,16-19,21-22H2,1-5H3,(H,44,45);1H3. The third kappa shape index (κ3) is 8.23. The van der Waals surface area contributed by atoms with Gasteiger partial charge in [0.2, 0.25) is 0 Å². The highest BCUT2D eigenvalue weighted by molar-refractivity contribution is 6.32. The molecule has 0 saturated carbocycles. The van der Waals surface area contributed by atoms with Gasteiger partial charge in [0, 0.05) is 66.1 Å². The van der Waals surface area contributed by atoms with Crippen molar-refractivity contribution in [3.63, 3.8) is 0 Å². The molecular weight excluding hydrogens is 647 g/mol. The fourth-order valence-electron chi connectivity index (χ4n) is 6.71. The summed E-state index contributed by atoms with van der Waals surface area (Å²) in [5, 5.41) is 15.9. The molecule has 0 aliphatic heterocycles. The molecule has 1 aliphatic rings. The molecule has 0 radical (unpaired) electrons. The van der Waals surface area contributed by atoms with E-state index in [1.54, 1.807) is 4.68 Å². The lowest BCUT2D eigenvalue weighted by Crippen LogP contribution is -2.20. The van der Waals surface area contributed by atoms with E-state index < -0.39 is 5.97 Å². The Balaban J connectivity index is 0.00000255. The van der Waals surface area contributed by atoms with Crippen LogP contribution in [0.4, 0.5) is 5.69 Å². The lowest BCUT2D eigenvalue weighted by Gasteiger charge is -2.21. The summed E-state index contributed by atoms with van der Waals surface area (Å²) in [6, 6.07) is 16.4. The van der Waals surface area contributed by atoms with Gasteiger partial charge in [-0.3, -0.25) is 14.3 Å². The predicted molar refractivity (Wildman–Crippen MR) is 197 cm³/mol. The molecule has 48 heavy (non-hydrogen) atoms. The average Bonchev–Trinajstić information content (AvgIpc) is 3.53. The van der Waals surface area contributed by atoms with Crippen LogP contribution >= 0.6 is 23.2 Å². The Morgan fingerprint density at radius 3 is 2.48 bits per heavy atom. The van der Waals surface area contributed by atoms with Gasteiger partial charge in [-0.1, -0.05) is 59.6 Å². The molecule has 8 nitrogen and oxygen atoms in total. The molecule has 0 saturated heterocycles. The van der Waals surface area contributed by atoms with Crippen molar-refractivity contribution >= 4 is 52.0 Å². The van der Waals surface area contributed by atoms with E-state index in [4.69, 9.17) is 16.3 Å². The summed E-state index contributed by atoms with van der Waals surface area (Å²) >= 11 is 11.0. The molecule has 2 aromatic heterocycles. The molecule has 1 atom stereocenters. The smallest absolute Gasteiger partial charge is 0.325 e. The van der Waals surface area contributed by atoms with E-state index in [9.17, 15) is 14.7 Å². The van der Waals surface area contributed by atoms with Gasteiger partial charge in [-0.05, 0) is 76.6 Å². The predicted octanol–water partition coefficient (Wildman–Crippen LogP) is 8.58. The quantitative estimate of drug-likeness (QED) is 0.0809. The molecule has 4 aromatic rings. The number of aromatic nitrogens is 3. The lowest BCUT2D eigenvalue weighted by atomic mass is 9.98. The maximum absolute atomic E-state index is 12.9. The van der Waals surface area contributed by atoms with Crippen LogP contribution in [0, 0.1) is 13.8 Å². The number of nitrogens with zero attached hydrogens (tertiary/aromatic N) is 4. The number of anilines is 1. The van der Waals surface area contributed by atoms with Crippen LogP contribution in [-0.4, -0.2) is 64.4 Å². The van der Waals surface area contributed by atoms with Crippen LogP contribution < -0.4 is 4.90 Å². The molecule has 1 unspecified atom stereocenters. The second-order valence-electron chi connectivity index (χ2n) is 12.2. The number of rotatable bonds is 14. The van der Waals surface area contributed by atoms with Gasteiger partial charge >= 0.3 is 5.97 Å². The normalized spacial score (nSPS) is 14.5. The van der Waals surface area contributed by atoms with Crippen molar-refractivity contribution in [2.24, 2.45) is 0 Å². The monoisotopic (exact) mass is 692 g/mol. The van der Waals surface area contributed by atoms with E-state index in [0.717, 1.165) is 92.9 Å². The summed E-state index contributed by atoms with van der Waals surface area (Å²) in [4.78, 5) is 26.6. The van der Waals surface area contributed by atoms with Crippen LogP contribution in [0.25, 0.3) is 22.0 Å². The molecule has 2 heterocycles. The first kappa shape index (κ1) is 37.0. The zero-order chi connectivity index (χ0) is 35.0. The number of carbonyl (C=O) groups is 2. The first-order valence-corrected chi connectivity index (χ1v) is 17.4. The number of carboxylic acids is 1. The van der Waals surface area contributed by atoms with Gasteiger partial charge < -0.3 is 19.3 Å². The molecule has 0 bridgehead atoms. The van der Waals surface area contributed by atoms with Crippen molar-refractivity contribution in [2.75, 3.05) is 31.5 Å². The van der Waals surface area contributed by atoms with Gasteiger partial charge in [0.05, 0.1) is 23.0 Å². The number of carbonyl (C=O) groups excluding carboxylic acids is 1. The van der Waals surface area contributed by atoms with Crippen LogP contribution in [0.5, 0.6) is 0 Å². The molecule has 1 N–H and O–H groups in total. The summed E-state index contributed by atoms with van der Waals surface area (Å²) in [6.07, 6.45) is 7.59. The number of aryl methyl sites for hydroxylation is 3. The van der Waals surface area contributed by atoms with Crippen molar-refractivity contribution in [1.29, 1.82) is 0 Å². The van der Waals surface area contributed by atoms with E-state index in [-0.39, 0.29) is 12.6 Å². The summed E-state index contributed by atoms with van der Waals surface area (Å²) < 4.78 is 9.95. The van der Waals surface area contributed by atoms with Crippen molar-refractivity contribution < 1.29 is 19.4 Å². The van der Waals surface area contributed by atoms with Gasteiger partial charge in [0.15, 0.2) is 6.29 Å². The third-order valence-electron chi connectivity index (χ3n) is 8.92. The first-order chi connectivity index (χ1) is 23.1. The minimum Gasteiger partial charge on any atom is -0.480 e. The number of allylic oxidation sites excluding steroid dienone is 2. The van der Waals surface area contributed by atoms with E-state index in [0.29, 0.717) is 25.3 Å². The number of aliphatic carboxylic acids is 1. The number of alkyl halides is 1. The number of aldehydes is 1. The van der Waals surface area contributed by atoms with E-state index in [2.05, 4.69) is 63.6 Å². The fraction of sp³-hybridized carbons (Fsp3) is 0.395. The topological polar surface area (TPSA) is 89.6 Å². The van der Waals surface area contributed by atoms with Gasteiger partial charge in [-0.25, -0.2) is 0 Å². The van der Waals surface area contributed by atoms with Gasteiger partial charge in [0.1, 0.15) is 6.54 Å². The maximum atomic E-state index is 12.9. The number of carboxylic acid groups (broad SMARTS) is 1. The molecule has 256 valence electrons. The van der Waals surface area contributed by atoms with Crippen molar-refractivity contribution in [3.05, 3.63) is 93.4 Å². The van der Waals surface area contributed by atoms with Crippen molar-refractivity contribution in [2.45, 2.75) is 72.6 Å². The number of para-hydroxylation sites is 2. The van der Waals surface area contributed by atoms with E-state index in [1.807, 2.05) is 52.0 Å². The van der Waals surface area contributed by atoms with Crippen LogP contribution in [0.1, 0.15) is 60.5 Å². The summed E-state index contributed by atoms with van der Waals surface area (Å²) in [6.45, 7) is 9.68. The Labute approximate surface area is 293 Å². The van der Waals surface area contributed by atoms with Crippen LogP contribution in [-0.2, 0) is 29.0 Å². The first-order valence-electron chi connectivity index (χ1n) is 16.3. The Kier molecular flexibility index (Phi) is 13.1. The second-order valence-corrected chi connectivity index (χ2v) is 12.6. The van der Waals surface area contributed by atoms with E-state index >= 15 is 0 Å². The minimum atomic E-state index is -0.942. The number of ether oxygens (including phenoxy) is 1. The van der Waals surface area contributed by atoms with Gasteiger partial charge in [-0.15, -0.1) is 11.6 Å². The summed E-state index contributed by atoms with van der Waals surface area (Å²) in [5.74, 6) is -0.942. The molecule has 10 heteroatoms. The Hall–Kier alpha value is -3.85. The molecule has 1 aliphatic carbocycles. The Morgan fingerprint density at radius 2 is 1.81 bits per heavy atom. The lowest BCUT2D eigenvalue weighted by molar-refractivity contribution is -0.137. The molecular formula is C38H46Cl2N4O4. The van der Waals surface area contributed by atoms with Crippen LogP contribution in [0.2, 0.25) is 0 Å². The Bertz CT molecular complexity index is 1810. The largest absolute Gasteiger partial charge is 0.480 e. The maximum Gasteiger partial charge on any atom is 0.325 e. The number of halogens is 2. The number of fused-ring (bicyclic) bond motifs is 1. The van der Waals surface area contributed by atoms with Crippen LogP contribution in [0.15, 0.2) is 70.8 Å².